The molecule has 5 heteroatoms. The van der Waals surface area contributed by atoms with Crippen LogP contribution < -0.4 is 10.4 Å². The predicted molar refractivity (Wildman–Crippen MR) is 83.3 cm³/mol. The fraction of sp³-hybridized carbons (Fsp3) is 0.412. The second kappa shape index (κ2) is 5.83. The summed E-state index contributed by atoms with van der Waals surface area (Å²) in [4.78, 5) is 26.4. The quantitative estimate of drug-likeness (QED) is 0.800. The van der Waals surface area contributed by atoms with Gasteiger partial charge < -0.3 is 14.1 Å². The van der Waals surface area contributed by atoms with Crippen LogP contribution >= 0.6 is 0 Å². The first kappa shape index (κ1) is 14.6. The molecule has 0 N–H and O–H groups in total. The zero-order chi connectivity index (χ0) is 15.7. The van der Waals surface area contributed by atoms with Crippen LogP contribution in [0.2, 0.25) is 0 Å². The lowest BCUT2D eigenvalue weighted by Gasteiger charge is -2.30. The van der Waals surface area contributed by atoms with E-state index in [1.165, 1.54) is 0 Å². The summed E-state index contributed by atoms with van der Waals surface area (Å²) in [5.41, 5.74) is -0.0359. The lowest BCUT2D eigenvalue weighted by molar-refractivity contribution is 0.0693. The van der Waals surface area contributed by atoms with Gasteiger partial charge in [0.2, 0.25) is 0 Å². The predicted octanol–water partition coefficient (Wildman–Crippen LogP) is 2.67. The van der Waals surface area contributed by atoms with Crippen LogP contribution in [0.3, 0.4) is 0 Å². The van der Waals surface area contributed by atoms with Crippen molar-refractivity contribution in [1.29, 1.82) is 0 Å². The van der Waals surface area contributed by atoms with Crippen LogP contribution in [0.15, 0.2) is 33.5 Å². The van der Waals surface area contributed by atoms with Crippen LogP contribution in [0.4, 0.5) is 0 Å². The Balaban J connectivity index is 1.97. The SMILES string of the molecule is COc1ccc2oc(=O)c(C(=O)N3CCC(C)CC3)cc2c1. The molecule has 116 valence electrons. The minimum absolute atomic E-state index is 0.0929. The second-order valence-corrected chi connectivity index (χ2v) is 5.83. The molecule has 1 aromatic carbocycles. The fourth-order valence-corrected chi connectivity index (χ4v) is 2.76. The lowest BCUT2D eigenvalue weighted by atomic mass is 9.99. The molecule has 1 aromatic heterocycles. The summed E-state index contributed by atoms with van der Waals surface area (Å²) in [5.74, 6) is 1.04. The van der Waals surface area contributed by atoms with Crippen LogP contribution in [0, 0.1) is 5.92 Å². The minimum atomic E-state index is -0.582. The number of carbonyl (C=O) groups excluding carboxylic acids is 1. The second-order valence-electron chi connectivity index (χ2n) is 5.83. The van der Waals surface area contributed by atoms with Gasteiger partial charge in [-0.1, -0.05) is 6.92 Å². The summed E-state index contributed by atoms with van der Waals surface area (Å²) in [7, 11) is 1.57. The zero-order valence-corrected chi connectivity index (χ0v) is 12.8. The molecule has 0 unspecified atom stereocenters. The average molecular weight is 301 g/mol. The van der Waals surface area contributed by atoms with Gasteiger partial charge in [-0.3, -0.25) is 4.79 Å². The molecule has 0 atom stereocenters. The van der Waals surface area contributed by atoms with E-state index < -0.39 is 5.63 Å². The standard InChI is InChI=1S/C17H19NO4/c1-11-5-7-18(8-6-11)16(19)14-10-12-9-13(21-2)3-4-15(12)22-17(14)20/h3-4,9-11H,5-8H2,1-2H3. The first-order valence-electron chi connectivity index (χ1n) is 7.49. The summed E-state index contributed by atoms with van der Waals surface area (Å²) in [6.45, 7) is 3.56. The molecule has 22 heavy (non-hydrogen) atoms. The molecule has 1 amide bonds. The van der Waals surface area contributed by atoms with Crippen molar-refractivity contribution in [2.45, 2.75) is 19.8 Å². The van der Waals surface area contributed by atoms with E-state index in [4.69, 9.17) is 9.15 Å². The van der Waals surface area contributed by atoms with Crippen molar-refractivity contribution in [2.24, 2.45) is 5.92 Å². The van der Waals surface area contributed by atoms with Gasteiger partial charge in [-0.2, -0.15) is 0 Å². The molecule has 1 aliphatic rings. The van der Waals surface area contributed by atoms with Crippen molar-refractivity contribution in [3.05, 3.63) is 40.2 Å². The first-order chi connectivity index (χ1) is 10.6. The van der Waals surface area contributed by atoms with Crippen LogP contribution in [0.1, 0.15) is 30.1 Å². The molecule has 0 spiro atoms. The van der Waals surface area contributed by atoms with E-state index in [1.807, 2.05) is 0 Å². The maximum absolute atomic E-state index is 12.6. The van der Waals surface area contributed by atoms with Crippen molar-refractivity contribution in [3.8, 4) is 5.75 Å². The van der Waals surface area contributed by atoms with E-state index >= 15 is 0 Å². The van der Waals surface area contributed by atoms with Crippen molar-refractivity contribution < 1.29 is 13.9 Å². The van der Waals surface area contributed by atoms with Crippen LogP contribution in [0.25, 0.3) is 11.0 Å². The van der Waals surface area contributed by atoms with Gasteiger partial charge in [-0.15, -0.1) is 0 Å². The van der Waals surface area contributed by atoms with Gasteiger partial charge in [0.25, 0.3) is 5.91 Å². The molecule has 0 bridgehead atoms. The Morgan fingerprint density at radius 1 is 1.27 bits per heavy atom. The van der Waals surface area contributed by atoms with Crippen molar-refractivity contribution >= 4 is 16.9 Å². The summed E-state index contributed by atoms with van der Waals surface area (Å²) in [6, 6.07) is 6.75. The molecule has 1 aliphatic heterocycles. The number of amides is 1. The Bertz CT molecular complexity index is 757. The minimum Gasteiger partial charge on any atom is -0.497 e. The number of benzene rings is 1. The van der Waals surface area contributed by atoms with Crippen molar-refractivity contribution in [2.75, 3.05) is 20.2 Å². The number of ether oxygens (including phenoxy) is 1. The number of nitrogens with zero attached hydrogens (tertiary/aromatic N) is 1. The van der Waals surface area contributed by atoms with Crippen molar-refractivity contribution in [1.82, 2.24) is 4.90 Å². The normalized spacial score (nSPS) is 16.0. The van der Waals surface area contributed by atoms with Gasteiger partial charge in [0.15, 0.2) is 0 Å². The summed E-state index contributed by atoms with van der Waals surface area (Å²) >= 11 is 0. The number of hydrogen-bond donors (Lipinski definition) is 0. The smallest absolute Gasteiger partial charge is 0.349 e. The van der Waals surface area contributed by atoms with E-state index in [0.29, 0.717) is 35.7 Å². The molecule has 3 rings (SSSR count). The number of carbonyl (C=O) groups is 1. The number of piperidine rings is 1. The largest absolute Gasteiger partial charge is 0.497 e. The first-order valence-corrected chi connectivity index (χ1v) is 7.49. The highest BCUT2D eigenvalue weighted by Crippen LogP contribution is 2.22. The highest BCUT2D eigenvalue weighted by molar-refractivity contribution is 5.96. The fourth-order valence-electron chi connectivity index (χ4n) is 2.76. The van der Waals surface area contributed by atoms with Crippen LogP contribution in [0.5, 0.6) is 5.75 Å². The molecule has 1 fully saturated rings. The number of likely N-dealkylation sites (tertiary alicyclic amines) is 1. The van der Waals surface area contributed by atoms with E-state index in [-0.39, 0.29) is 11.5 Å². The molecule has 5 nitrogen and oxygen atoms in total. The van der Waals surface area contributed by atoms with Gasteiger partial charge >= 0.3 is 5.63 Å². The van der Waals surface area contributed by atoms with Gasteiger partial charge in [0.1, 0.15) is 16.9 Å². The molecule has 2 aromatic rings. The Morgan fingerprint density at radius 2 is 2.00 bits per heavy atom. The van der Waals surface area contributed by atoms with Gasteiger partial charge in [0, 0.05) is 18.5 Å². The molecule has 0 saturated carbocycles. The third kappa shape index (κ3) is 2.71. The van der Waals surface area contributed by atoms with Gasteiger partial charge in [-0.25, -0.2) is 4.79 Å². The Labute approximate surface area is 128 Å². The number of fused-ring (bicyclic) bond motifs is 1. The lowest BCUT2D eigenvalue weighted by Crippen LogP contribution is -2.39. The van der Waals surface area contributed by atoms with Crippen LogP contribution in [-0.2, 0) is 0 Å². The molecular formula is C17H19NO4. The molecule has 2 heterocycles. The van der Waals surface area contributed by atoms with E-state index in [2.05, 4.69) is 6.92 Å². The van der Waals surface area contributed by atoms with E-state index in [1.54, 1.807) is 36.3 Å². The summed E-state index contributed by atoms with van der Waals surface area (Å²) in [6.07, 6.45) is 1.94. The Kier molecular flexibility index (Phi) is 3.88. The number of hydrogen-bond acceptors (Lipinski definition) is 4. The maximum Gasteiger partial charge on any atom is 0.349 e. The Morgan fingerprint density at radius 3 is 2.68 bits per heavy atom. The third-order valence-corrected chi connectivity index (χ3v) is 4.24. The third-order valence-electron chi connectivity index (χ3n) is 4.24. The van der Waals surface area contributed by atoms with E-state index in [0.717, 1.165) is 12.8 Å². The maximum atomic E-state index is 12.6. The molecular weight excluding hydrogens is 282 g/mol. The Hall–Kier alpha value is -2.30. The topological polar surface area (TPSA) is 59.8 Å². The highest BCUT2D eigenvalue weighted by Gasteiger charge is 2.24. The summed E-state index contributed by atoms with van der Waals surface area (Å²) < 4.78 is 10.4. The van der Waals surface area contributed by atoms with Crippen molar-refractivity contribution in [3.63, 3.8) is 0 Å². The summed E-state index contributed by atoms with van der Waals surface area (Å²) in [5, 5.41) is 0.688. The van der Waals surface area contributed by atoms with Gasteiger partial charge in [0.05, 0.1) is 7.11 Å². The van der Waals surface area contributed by atoms with Gasteiger partial charge in [-0.05, 0) is 43.0 Å². The number of rotatable bonds is 2. The average Bonchev–Trinajstić information content (AvgIpc) is 2.54. The molecule has 0 aliphatic carbocycles. The van der Waals surface area contributed by atoms with Crippen LogP contribution in [-0.4, -0.2) is 31.0 Å². The zero-order valence-electron chi connectivity index (χ0n) is 12.8. The molecule has 1 saturated heterocycles. The highest BCUT2D eigenvalue weighted by atomic mass is 16.5. The monoisotopic (exact) mass is 301 g/mol. The van der Waals surface area contributed by atoms with E-state index in [9.17, 15) is 9.59 Å². The number of methoxy groups -OCH3 is 1. The molecule has 0 radical (unpaired) electrons.